The maximum atomic E-state index is 13.3. The first-order valence-electron chi connectivity index (χ1n) is 3.80. The van der Waals surface area contributed by atoms with Gasteiger partial charge in [-0.2, -0.15) is 0 Å². The summed E-state index contributed by atoms with van der Waals surface area (Å²) in [6.45, 7) is 0. The van der Waals surface area contributed by atoms with Crippen LogP contribution in [0.5, 0.6) is 0 Å². The topological polar surface area (TPSA) is 0 Å². The molecule has 0 amide bonds. The van der Waals surface area contributed by atoms with E-state index < -0.39 is 0 Å². The predicted octanol–water partition coefficient (Wildman–Crippen LogP) is 5.20. The maximum Gasteiger partial charge on any atom is 0.138 e. The van der Waals surface area contributed by atoms with Crippen molar-refractivity contribution in [3.8, 4) is 0 Å². The van der Waals surface area contributed by atoms with Crippen LogP contribution in [-0.4, -0.2) is 0 Å². The molecular weight excluding hydrogens is 351 g/mol. The molecule has 2 aromatic rings. The number of thiophene rings is 2. The van der Waals surface area contributed by atoms with Gasteiger partial charge in [-0.3, -0.25) is 0 Å². The molecule has 74 valence electrons. The number of rotatable bonds is 2. The van der Waals surface area contributed by atoms with Crippen molar-refractivity contribution in [2.75, 3.05) is 0 Å². The van der Waals surface area contributed by atoms with Crippen molar-refractivity contribution < 1.29 is 4.39 Å². The van der Waals surface area contributed by atoms with Crippen molar-refractivity contribution in [2.24, 2.45) is 0 Å². The molecule has 1 unspecified atom stereocenters. The minimum atomic E-state index is -0.142. The third-order valence-corrected chi connectivity index (χ3v) is 6.16. The summed E-state index contributed by atoms with van der Waals surface area (Å²) in [7, 11) is 0. The molecule has 0 radical (unpaired) electrons. The molecule has 0 N–H and O–H groups in total. The number of hydrogen-bond donors (Lipinski definition) is 0. The molecule has 0 bridgehead atoms. The second-order valence-electron chi connectivity index (χ2n) is 2.63. The Balaban J connectivity index is 2.38. The Hall–Kier alpha value is 0.290. The fourth-order valence-electron chi connectivity index (χ4n) is 1.09. The van der Waals surface area contributed by atoms with Gasteiger partial charge in [0.15, 0.2) is 0 Å². The van der Waals surface area contributed by atoms with Gasteiger partial charge in [-0.25, -0.2) is 4.39 Å². The van der Waals surface area contributed by atoms with Crippen molar-refractivity contribution in [2.45, 2.75) is 4.83 Å². The standard InChI is InChI=1S/C9H5Br2FS2/c10-5-1-3-13-8(5)7(11)9-6(12)2-4-14-9/h1-4,7H. The van der Waals surface area contributed by atoms with Gasteiger partial charge < -0.3 is 0 Å². The third kappa shape index (κ3) is 1.96. The monoisotopic (exact) mass is 354 g/mol. The van der Waals surface area contributed by atoms with Gasteiger partial charge in [-0.1, -0.05) is 15.9 Å². The molecule has 0 spiro atoms. The Morgan fingerprint density at radius 1 is 1.14 bits per heavy atom. The Bertz CT molecular complexity index is 395. The first kappa shape index (κ1) is 10.8. The Labute approximate surface area is 106 Å². The molecule has 0 fully saturated rings. The van der Waals surface area contributed by atoms with Crippen LogP contribution in [0.4, 0.5) is 4.39 Å². The van der Waals surface area contributed by atoms with Gasteiger partial charge in [0.2, 0.25) is 0 Å². The maximum absolute atomic E-state index is 13.3. The molecule has 2 rings (SSSR count). The van der Waals surface area contributed by atoms with Gasteiger partial charge in [0.05, 0.1) is 9.70 Å². The molecule has 2 heterocycles. The van der Waals surface area contributed by atoms with E-state index >= 15 is 0 Å². The molecule has 0 aliphatic carbocycles. The number of hydrogen-bond acceptors (Lipinski definition) is 2. The van der Waals surface area contributed by atoms with Crippen molar-refractivity contribution in [1.82, 2.24) is 0 Å². The molecule has 2 aromatic heterocycles. The fourth-order valence-corrected chi connectivity index (χ4v) is 4.92. The zero-order valence-corrected chi connectivity index (χ0v) is 11.6. The van der Waals surface area contributed by atoms with E-state index in [4.69, 9.17) is 0 Å². The highest BCUT2D eigenvalue weighted by atomic mass is 79.9. The molecule has 0 aliphatic rings. The largest absolute Gasteiger partial charge is 0.206 e. The molecule has 5 heteroatoms. The van der Waals surface area contributed by atoms with E-state index in [1.807, 2.05) is 11.4 Å². The summed E-state index contributed by atoms with van der Waals surface area (Å²) in [6, 6.07) is 3.47. The third-order valence-electron chi connectivity index (χ3n) is 1.75. The molecule has 0 saturated heterocycles. The lowest BCUT2D eigenvalue weighted by Crippen LogP contribution is -1.89. The van der Waals surface area contributed by atoms with Gasteiger partial charge in [0.1, 0.15) is 5.82 Å². The van der Waals surface area contributed by atoms with Crippen LogP contribution in [0.2, 0.25) is 0 Å². The van der Waals surface area contributed by atoms with Crippen LogP contribution in [0, 0.1) is 5.82 Å². The van der Waals surface area contributed by atoms with Crippen LogP contribution in [0.25, 0.3) is 0 Å². The van der Waals surface area contributed by atoms with E-state index in [0.717, 1.165) is 14.2 Å². The first-order valence-corrected chi connectivity index (χ1v) is 7.27. The molecule has 0 nitrogen and oxygen atoms in total. The van der Waals surface area contributed by atoms with Crippen LogP contribution in [0.15, 0.2) is 27.4 Å². The Morgan fingerprint density at radius 2 is 1.79 bits per heavy atom. The second kappa shape index (κ2) is 4.43. The summed E-state index contributed by atoms with van der Waals surface area (Å²) in [6.07, 6.45) is 0. The predicted molar refractivity (Wildman–Crippen MR) is 67.1 cm³/mol. The minimum absolute atomic E-state index is 0.0446. The Kier molecular flexibility index (Phi) is 3.42. The highest BCUT2D eigenvalue weighted by Crippen LogP contribution is 2.41. The van der Waals surface area contributed by atoms with Crippen molar-refractivity contribution in [3.05, 3.63) is 42.9 Å². The molecule has 0 aliphatic heterocycles. The van der Waals surface area contributed by atoms with Crippen molar-refractivity contribution in [3.63, 3.8) is 0 Å². The smallest absolute Gasteiger partial charge is 0.138 e. The number of alkyl halides is 1. The zero-order valence-electron chi connectivity index (χ0n) is 6.84. The van der Waals surface area contributed by atoms with Gasteiger partial charge >= 0.3 is 0 Å². The average molecular weight is 356 g/mol. The first-order chi connectivity index (χ1) is 6.70. The van der Waals surface area contributed by atoms with Crippen LogP contribution in [0.3, 0.4) is 0 Å². The van der Waals surface area contributed by atoms with Crippen molar-refractivity contribution in [1.29, 1.82) is 0 Å². The summed E-state index contributed by atoms with van der Waals surface area (Å²) in [4.78, 5) is 1.79. The van der Waals surface area contributed by atoms with E-state index in [1.165, 1.54) is 17.4 Å². The lowest BCUT2D eigenvalue weighted by Gasteiger charge is -2.05. The van der Waals surface area contributed by atoms with E-state index in [1.54, 1.807) is 16.7 Å². The summed E-state index contributed by atoms with van der Waals surface area (Å²) < 4.78 is 14.3. The van der Waals surface area contributed by atoms with E-state index in [-0.39, 0.29) is 10.6 Å². The minimum Gasteiger partial charge on any atom is -0.206 e. The lowest BCUT2D eigenvalue weighted by atomic mass is 10.3. The average Bonchev–Trinajstić information content (AvgIpc) is 2.73. The van der Waals surface area contributed by atoms with Crippen LogP contribution < -0.4 is 0 Å². The van der Waals surface area contributed by atoms with Crippen LogP contribution >= 0.6 is 54.5 Å². The zero-order chi connectivity index (χ0) is 10.1. The fraction of sp³-hybridized carbons (Fsp3) is 0.111. The summed E-state index contributed by atoms with van der Waals surface area (Å²) in [5.74, 6) is -0.142. The van der Waals surface area contributed by atoms with E-state index in [0.29, 0.717) is 0 Å². The van der Waals surface area contributed by atoms with E-state index in [2.05, 4.69) is 31.9 Å². The summed E-state index contributed by atoms with van der Waals surface area (Å²) in [5.41, 5.74) is 0. The lowest BCUT2D eigenvalue weighted by molar-refractivity contribution is 0.622. The number of halogens is 3. The van der Waals surface area contributed by atoms with Gasteiger partial charge in [-0.15, -0.1) is 22.7 Å². The SMILES string of the molecule is Fc1ccsc1C(Br)c1sccc1Br. The van der Waals surface area contributed by atoms with Crippen LogP contribution in [-0.2, 0) is 0 Å². The van der Waals surface area contributed by atoms with Gasteiger partial charge in [0.25, 0.3) is 0 Å². The molecular formula is C9H5Br2FS2. The summed E-state index contributed by atoms with van der Waals surface area (Å²) in [5, 5.41) is 3.75. The van der Waals surface area contributed by atoms with Gasteiger partial charge in [-0.05, 0) is 38.8 Å². The highest BCUT2D eigenvalue weighted by molar-refractivity contribution is 9.11. The van der Waals surface area contributed by atoms with Gasteiger partial charge in [0, 0.05) is 9.35 Å². The molecule has 14 heavy (non-hydrogen) atoms. The highest BCUT2D eigenvalue weighted by Gasteiger charge is 2.19. The van der Waals surface area contributed by atoms with Crippen LogP contribution in [0.1, 0.15) is 14.6 Å². The normalized spacial score (nSPS) is 13.1. The van der Waals surface area contributed by atoms with Crippen molar-refractivity contribution >= 4 is 54.5 Å². The second-order valence-corrected chi connectivity index (χ2v) is 6.29. The quantitative estimate of drug-likeness (QED) is 0.650. The molecule has 0 saturated carbocycles. The van der Waals surface area contributed by atoms with E-state index in [9.17, 15) is 4.39 Å². The Morgan fingerprint density at radius 3 is 2.29 bits per heavy atom. The summed E-state index contributed by atoms with van der Waals surface area (Å²) >= 11 is 9.98. The molecule has 1 atom stereocenters. The molecule has 0 aromatic carbocycles.